The fourth-order valence-corrected chi connectivity index (χ4v) is 3.61. The maximum Gasteiger partial charge on any atom is 0.216 e. The van der Waals surface area contributed by atoms with Crippen molar-refractivity contribution in [3.63, 3.8) is 0 Å². The number of aliphatic hydroxyl groups excluding tert-OH is 1. The largest absolute Gasteiger partial charge is 0.392 e. The van der Waals surface area contributed by atoms with Crippen molar-refractivity contribution in [2.45, 2.75) is 52.0 Å². The summed E-state index contributed by atoms with van der Waals surface area (Å²) < 4.78 is 26.9. The van der Waals surface area contributed by atoms with Crippen molar-refractivity contribution in [3.05, 3.63) is 35.4 Å². The van der Waals surface area contributed by atoms with Gasteiger partial charge in [0.1, 0.15) is 0 Å². The second-order valence-electron chi connectivity index (χ2n) is 5.51. The molecular weight excluding hydrogens is 274 g/mol. The number of hydrogen-bond donors (Lipinski definition) is 2. The lowest BCUT2D eigenvalue weighted by Crippen LogP contribution is -2.34. The molecule has 0 aliphatic rings. The van der Waals surface area contributed by atoms with E-state index in [4.69, 9.17) is 5.11 Å². The minimum Gasteiger partial charge on any atom is -0.392 e. The molecule has 2 N–H and O–H groups in total. The molecule has 114 valence electrons. The Balaban J connectivity index is 2.65. The lowest BCUT2D eigenvalue weighted by Gasteiger charge is -2.17. The van der Waals surface area contributed by atoms with Gasteiger partial charge < -0.3 is 5.11 Å². The highest BCUT2D eigenvalue weighted by Gasteiger charge is 2.16. The van der Waals surface area contributed by atoms with Crippen molar-refractivity contribution in [2.75, 3.05) is 0 Å². The van der Waals surface area contributed by atoms with E-state index in [1.54, 1.807) is 24.3 Å². The Labute approximate surface area is 122 Å². The average Bonchev–Trinajstić information content (AvgIpc) is 2.37. The first-order valence-corrected chi connectivity index (χ1v) is 8.70. The van der Waals surface area contributed by atoms with Crippen LogP contribution < -0.4 is 4.72 Å². The van der Waals surface area contributed by atoms with Crippen LogP contribution in [0.2, 0.25) is 0 Å². The summed E-state index contributed by atoms with van der Waals surface area (Å²) in [5.74, 6) is 0.455. The molecule has 0 amide bonds. The summed E-state index contributed by atoms with van der Waals surface area (Å²) in [6, 6.07) is 6.96. The summed E-state index contributed by atoms with van der Waals surface area (Å²) in [5.41, 5.74) is 1.42. The predicted molar refractivity (Wildman–Crippen MR) is 81.7 cm³/mol. The molecule has 0 radical (unpaired) electrons. The first-order valence-electron chi connectivity index (χ1n) is 7.05. The summed E-state index contributed by atoms with van der Waals surface area (Å²) >= 11 is 0. The molecule has 1 aromatic rings. The molecule has 0 saturated heterocycles. The minimum absolute atomic E-state index is 0.0499. The second-order valence-corrected chi connectivity index (χ2v) is 7.26. The molecule has 2 atom stereocenters. The van der Waals surface area contributed by atoms with E-state index in [-0.39, 0.29) is 18.4 Å². The molecule has 1 rings (SSSR count). The monoisotopic (exact) mass is 299 g/mol. The molecule has 0 saturated carbocycles. The summed E-state index contributed by atoms with van der Waals surface area (Å²) in [4.78, 5) is 0. The number of aliphatic hydroxyl groups is 1. The van der Waals surface area contributed by atoms with Crippen LogP contribution in [-0.2, 0) is 22.4 Å². The lowest BCUT2D eigenvalue weighted by molar-refractivity contribution is 0.282. The number of benzene rings is 1. The van der Waals surface area contributed by atoms with Crippen LogP contribution in [-0.4, -0.2) is 19.6 Å². The first kappa shape index (κ1) is 17.1. The number of sulfonamides is 1. The van der Waals surface area contributed by atoms with Crippen LogP contribution in [0.1, 0.15) is 44.7 Å². The highest BCUT2D eigenvalue weighted by atomic mass is 32.2. The van der Waals surface area contributed by atoms with Crippen LogP contribution in [0.4, 0.5) is 0 Å². The van der Waals surface area contributed by atoms with Crippen LogP contribution in [0.5, 0.6) is 0 Å². The molecule has 0 aliphatic heterocycles. The molecule has 0 aliphatic carbocycles. The fraction of sp³-hybridized carbons (Fsp3) is 0.600. The predicted octanol–water partition coefficient (Wildman–Crippen LogP) is 2.42. The van der Waals surface area contributed by atoms with E-state index in [1.807, 2.05) is 6.92 Å². The van der Waals surface area contributed by atoms with Crippen LogP contribution in [0.15, 0.2) is 24.3 Å². The van der Waals surface area contributed by atoms with Crippen molar-refractivity contribution in [3.8, 4) is 0 Å². The Hall–Kier alpha value is -0.910. The SMILES string of the molecule is CCC(C)CC(C)NS(=O)(=O)Cc1cccc(CO)c1. The molecule has 1 aromatic carbocycles. The van der Waals surface area contributed by atoms with E-state index < -0.39 is 10.0 Å². The molecule has 5 heteroatoms. The van der Waals surface area contributed by atoms with Gasteiger partial charge in [0, 0.05) is 6.04 Å². The summed E-state index contributed by atoms with van der Waals surface area (Å²) in [5, 5.41) is 9.07. The van der Waals surface area contributed by atoms with Crippen LogP contribution in [0.3, 0.4) is 0 Å². The van der Waals surface area contributed by atoms with Crippen LogP contribution in [0.25, 0.3) is 0 Å². The van der Waals surface area contributed by atoms with Crippen molar-refractivity contribution in [2.24, 2.45) is 5.92 Å². The van der Waals surface area contributed by atoms with Gasteiger partial charge in [0.25, 0.3) is 0 Å². The Morgan fingerprint density at radius 2 is 1.90 bits per heavy atom. The van der Waals surface area contributed by atoms with E-state index in [0.717, 1.165) is 18.4 Å². The zero-order chi connectivity index (χ0) is 15.2. The third-order valence-corrected chi connectivity index (χ3v) is 4.84. The number of nitrogens with one attached hydrogen (secondary N) is 1. The van der Waals surface area contributed by atoms with Crippen molar-refractivity contribution in [1.29, 1.82) is 0 Å². The molecule has 0 fully saturated rings. The average molecular weight is 299 g/mol. The van der Waals surface area contributed by atoms with Gasteiger partial charge in [0.15, 0.2) is 0 Å². The molecule has 4 nitrogen and oxygen atoms in total. The van der Waals surface area contributed by atoms with Gasteiger partial charge in [-0.1, -0.05) is 44.5 Å². The number of hydrogen-bond acceptors (Lipinski definition) is 3. The molecule has 0 spiro atoms. The van der Waals surface area contributed by atoms with Gasteiger partial charge in [-0.05, 0) is 30.4 Å². The Bertz CT molecular complexity index is 514. The Kier molecular flexibility index (Phi) is 6.65. The van der Waals surface area contributed by atoms with E-state index in [0.29, 0.717) is 11.5 Å². The van der Waals surface area contributed by atoms with Gasteiger partial charge >= 0.3 is 0 Å². The molecule has 2 unspecified atom stereocenters. The zero-order valence-electron chi connectivity index (χ0n) is 12.5. The van der Waals surface area contributed by atoms with E-state index >= 15 is 0 Å². The highest BCUT2D eigenvalue weighted by Crippen LogP contribution is 2.12. The van der Waals surface area contributed by atoms with Crippen molar-refractivity contribution in [1.82, 2.24) is 4.72 Å². The summed E-state index contributed by atoms with van der Waals surface area (Å²) in [7, 11) is -3.34. The van der Waals surface area contributed by atoms with E-state index in [9.17, 15) is 8.42 Å². The van der Waals surface area contributed by atoms with Gasteiger partial charge in [-0.2, -0.15) is 0 Å². The third-order valence-electron chi connectivity index (χ3n) is 3.36. The van der Waals surface area contributed by atoms with Crippen molar-refractivity contribution >= 4 is 10.0 Å². The highest BCUT2D eigenvalue weighted by molar-refractivity contribution is 7.88. The van der Waals surface area contributed by atoms with Crippen molar-refractivity contribution < 1.29 is 13.5 Å². The van der Waals surface area contributed by atoms with E-state index in [2.05, 4.69) is 18.6 Å². The molecule has 0 heterocycles. The topological polar surface area (TPSA) is 66.4 Å². The van der Waals surface area contributed by atoms with E-state index in [1.165, 1.54) is 0 Å². The molecule has 20 heavy (non-hydrogen) atoms. The molecular formula is C15H25NO3S. The summed E-state index contributed by atoms with van der Waals surface area (Å²) in [6.07, 6.45) is 1.89. The van der Waals surface area contributed by atoms with Crippen LogP contribution in [0, 0.1) is 5.92 Å². The Morgan fingerprint density at radius 1 is 1.25 bits per heavy atom. The molecule has 0 bridgehead atoms. The quantitative estimate of drug-likeness (QED) is 0.774. The third kappa shape index (κ3) is 6.03. The van der Waals surface area contributed by atoms with Gasteiger partial charge in [-0.15, -0.1) is 0 Å². The minimum atomic E-state index is -3.34. The zero-order valence-corrected chi connectivity index (χ0v) is 13.3. The molecule has 0 aromatic heterocycles. The summed E-state index contributed by atoms with van der Waals surface area (Å²) in [6.45, 7) is 6.04. The standard InChI is InChI=1S/C15H25NO3S/c1-4-12(2)8-13(3)16-20(18,19)11-15-7-5-6-14(9-15)10-17/h5-7,9,12-13,16-17H,4,8,10-11H2,1-3H3. The van der Waals surface area contributed by atoms with Gasteiger partial charge in [0.05, 0.1) is 12.4 Å². The normalized spacial score (nSPS) is 15.0. The van der Waals surface area contributed by atoms with Crippen LogP contribution >= 0.6 is 0 Å². The fourth-order valence-electron chi connectivity index (χ4n) is 2.20. The first-order chi connectivity index (χ1) is 9.36. The van der Waals surface area contributed by atoms with Gasteiger partial charge in [0.2, 0.25) is 10.0 Å². The number of rotatable bonds is 8. The van der Waals surface area contributed by atoms with Gasteiger partial charge in [-0.3, -0.25) is 0 Å². The lowest BCUT2D eigenvalue weighted by atomic mass is 10.0. The second kappa shape index (κ2) is 7.76. The smallest absolute Gasteiger partial charge is 0.216 e. The maximum absolute atomic E-state index is 12.1. The van der Waals surface area contributed by atoms with Gasteiger partial charge in [-0.25, -0.2) is 13.1 Å². The Morgan fingerprint density at radius 3 is 2.50 bits per heavy atom. The maximum atomic E-state index is 12.1.